The Bertz CT molecular complexity index is 564. The van der Waals surface area contributed by atoms with Crippen LogP contribution in [0.5, 0.6) is 0 Å². The first-order chi connectivity index (χ1) is 9.22. The summed E-state index contributed by atoms with van der Waals surface area (Å²) in [5.41, 5.74) is 8.86. The highest BCUT2D eigenvalue weighted by molar-refractivity contribution is 5.40. The summed E-state index contributed by atoms with van der Waals surface area (Å²) in [7, 11) is 0. The second kappa shape index (κ2) is 5.05. The van der Waals surface area contributed by atoms with Crippen molar-refractivity contribution in [1.82, 2.24) is 10.1 Å². The predicted molar refractivity (Wildman–Crippen MR) is 74.5 cm³/mol. The summed E-state index contributed by atoms with van der Waals surface area (Å²) < 4.78 is 5.42. The van der Waals surface area contributed by atoms with Crippen LogP contribution in [0.25, 0.3) is 0 Å². The van der Waals surface area contributed by atoms with Crippen molar-refractivity contribution in [3.05, 3.63) is 47.3 Å². The van der Waals surface area contributed by atoms with Crippen molar-refractivity contribution in [2.45, 2.75) is 32.4 Å². The van der Waals surface area contributed by atoms with Gasteiger partial charge in [-0.2, -0.15) is 0 Å². The molecule has 1 aromatic heterocycles. The third-order valence-electron chi connectivity index (χ3n) is 3.67. The lowest BCUT2D eigenvalue weighted by Gasteiger charge is -2.22. The number of hydrogen-bond donors (Lipinski definition) is 1. The minimum atomic E-state index is 0.350. The highest BCUT2D eigenvalue weighted by Gasteiger charge is 2.28. The van der Waals surface area contributed by atoms with Crippen molar-refractivity contribution in [3.8, 4) is 0 Å². The number of nitrogen functional groups attached to an aromatic ring is 1. The summed E-state index contributed by atoms with van der Waals surface area (Å²) >= 11 is 0. The van der Waals surface area contributed by atoms with E-state index in [0.717, 1.165) is 36.7 Å². The molecule has 19 heavy (non-hydrogen) atoms. The SMILES string of the molecule is Cc1cc(C2CCCN2Cc2cccc(N)c2)on1. The molecular weight excluding hydrogens is 238 g/mol. The summed E-state index contributed by atoms with van der Waals surface area (Å²) in [4.78, 5) is 2.44. The number of likely N-dealkylation sites (tertiary alicyclic amines) is 1. The lowest BCUT2D eigenvalue weighted by Crippen LogP contribution is -2.22. The molecule has 1 atom stereocenters. The fourth-order valence-corrected chi connectivity index (χ4v) is 2.80. The zero-order valence-corrected chi connectivity index (χ0v) is 11.2. The lowest BCUT2D eigenvalue weighted by molar-refractivity contribution is 0.206. The molecule has 2 aromatic rings. The van der Waals surface area contributed by atoms with Crippen molar-refractivity contribution in [2.24, 2.45) is 0 Å². The van der Waals surface area contributed by atoms with Crippen molar-refractivity contribution in [3.63, 3.8) is 0 Å². The average Bonchev–Trinajstić information content (AvgIpc) is 2.98. The van der Waals surface area contributed by atoms with E-state index in [1.807, 2.05) is 31.2 Å². The van der Waals surface area contributed by atoms with Gasteiger partial charge >= 0.3 is 0 Å². The van der Waals surface area contributed by atoms with Crippen LogP contribution in [-0.2, 0) is 6.54 Å². The molecule has 0 radical (unpaired) electrons. The van der Waals surface area contributed by atoms with Crippen molar-refractivity contribution in [2.75, 3.05) is 12.3 Å². The molecule has 0 amide bonds. The van der Waals surface area contributed by atoms with Gasteiger partial charge in [-0.25, -0.2) is 0 Å². The van der Waals surface area contributed by atoms with E-state index in [-0.39, 0.29) is 0 Å². The van der Waals surface area contributed by atoms with Crippen LogP contribution in [0.3, 0.4) is 0 Å². The minimum absolute atomic E-state index is 0.350. The van der Waals surface area contributed by atoms with E-state index in [1.165, 1.54) is 12.0 Å². The second-order valence-electron chi connectivity index (χ2n) is 5.24. The summed E-state index contributed by atoms with van der Waals surface area (Å²) in [6.45, 7) is 3.97. The first-order valence-electron chi connectivity index (χ1n) is 6.74. The topological polar surface area (TPSA) is 55.3 Å². The first-order valence-corrected chi connectivity index (χ1v) is 6.74. The zero-order chi connectivity index (χ0) is 13.2. The van der Waals surface area contributed by atoms with E-state index in [1.54, 1.807) is 0 Å². The zero-order valence-electron chi connectivity index (χ0n) is 11.2. The molecule has 100 valence electrons. The largest absolute Gasteiger partial charge is 0.399 e. The molecule has 3 rings (SSSR count). The predicted octanol–water partition coefficient (Wildman–Crippen LogP) is 2.90. The monoisotopic (exact) mass is 257 g/mol. The minimum Gasteiger partial charge on any atom is -0.399 e. The fourth-order valence-electron chi connectivity index (χ4n) is 2.80. The van der Waals surface area contributed by atoms with Gasteiger partial charge in [0.05, 0.1) is 11.7 Å². The van der Waals surface area contributed by atoms with E-state index in [0.29, 0.717) is 6.04 Å². The van der Waals surface area contributed by atoms with Gasteiger partial charge in [0.1, 0.15) is 0 Å². The molecular formula is C15H19N3O. The van der Waals surface area contributed by atoms with Crippen LogP contribution < -0.4 is 5.73 Å². The van der Waals surface area contributed by atoms with E-state index < -0.39 is 0 Å². The van der Waals surface area contributed by atoms with Crippen molar-refractivity contribution >= 4 is 5.69 Å². The molecule has 2 N–H and O–H groups in total. The molecule has 4 nitrogen and oxygen atoms in total. The number of nitrogens with zero attached hydrogens (tertiary/aromatic N) is 2. The Morgan fingerprint density at radius 3 is 3.05 bits per heavy atom. The van der Waals surface area contributed by atoms with Gasteiger partial charge in [0.2, 0.25) is 0 Å². The maximum absolute atomic E-state index is 5.83. The van der Waals surface area contributed by atoms with Gasteiger partial charge in [-0.3, -0.25) is 4.90 Å². The van der Waals surface area contributed by atoms with Crippen LogP contribution in [0.1, 0.15) is 35.9 Å². The van der Waals surface area contributed by atoms with Gasteiger partial charge in [0.25, 0.3) is 0 Å². The number of aromatic nitrogens is 1. The summed E-state index contributed by atoms with van der Waals surface area (Å²) in [5, 5.41) is 4.00. The Morgan fingerprint density at radius 2 is 2.32 bits per heavy atom. The number of rotatable bonds is 3. The molecule has 1 unspecified atom stereocenters. The van der Waals surface area contributed by atoms with Gasteiger partial charge in [-0.05, 0) is 44.0 Å². The first kappa shape index (κ1) is 12.2. The molecule has 1 fully saturated rings. The molecule has 1 aliphatic heterocycles. The van der Waals surface area contributed by atoms with Crippen LogP contribution in [0.15, 0.2) is 34.9 Å². The molecule has 1 aliphatic rings. The second-order valence-corrected chi connectivity index (χ2v) is 5.24. The normalized spacial score (nSPS) is 19.9. The molecule has 0 bridgehead atoms. The molecule has 0 aliphatic carbocycles. The number of benzene rings is 1. The standard InChI is InChI=1S/C15H19N3O/c1-11-8-15(19-17-11)14-6-3-7-18(14)10-12-4-2-5-13(16)9-12/h2,4-5,8-9,14H,3,6-7,10,16H2,1H3. The van der Waals surface area contributed by atoms with Gasteiger partial charge < -0.3 is 10.3 Å². The number of aryl methyl sites for hydroxylation is 1. The van der Waals surface area contributed by atoms with Crippen LogP contribution in [0.4, 0.5) is 5.69 Å². The van der Waals surface area contributed by atoms with Gasteiger partial charge in [-0.15, -0.1) is 0 Å². The highest BCUT2D eigenvalue weighted by atomic mass is 16.5. The van der Waals surface area contributed by atoms with Gasteiger partial charge in [0, 0.05) is 18.3 Å². The number of anilines is 1. The Labute approximate surface area is 113 Å². The molecule has 2 heterocycles. The van der Waals surface area contributed by atoms with Crippen LogP contribution >= 0.6 is 0 Å². The smallest absolute Gasteiger partial charge is 0.154 e. The Balaban J connectivity index is 1.76. The highest BCUT2D eigenvalue weighted by Crippen LogP contribution is 2.33. The van der Waals surface area contributed by atoms with Gasteiger partial charge in [0.15, 0.2) is 5.76 Å². The van der Waals surface area contributed by atoms with Crippen LogP contribution in [0, 0.1) is 6.92 Å². The molecule has 0 spiro atoms. The van der Waals surface area contributed by atoms with Crippen LogP contribution in [-0.4, -0.2) is 16.6 Å². The van der Waals surface area contributed by atoms with E-state index in [2.05, 4.69) is 16.1 Å². The Morgan fingerprint density at radius 1 is 1.42 bits per heavy atom. The Hall–Kier alpha value is -1.81. The lowest BCUT2D eigenvalue weighted by atomic mass is 10.1. The molecule has 1 aromatic carbocycles. The van der Waals surface area contributed by atoms with E-state index in [4.69, 9.17) is 10.3 Å². The molecule has 4 heteroatoms. The summed E-state index contributed by atoms with van der Waals surface area (Å²) in [6, 6.07) is 10.5. The van der Waals surface area contributed by atoms with E-state index >= 15 is 0 Å². The van der Waals surface area contributed by atoms with Crippen molar-refractivity contribution in [1.29, 1.82) is 0 Å². The quantitative estimate of drug-likeness (QED) is 0.859. The van der Waals surface area contributed by atoms with E-state index in [9.17, 15) is 0 Å². The van der Waals surface area contributed by atoms with Crippen LogP contribution in [0.2, 0.25) is 0 Å². The summed E-state index contributed by atoms with van der Waals surface area (Å²) in [6.07, 6.45) is 2.34. The fraction of sp³-hybridized carbons (Fsp3) is 0.400. The maximum Gasteiger partial charge on any atom is 0.154 e. The maximum atomic E-state index is 5.83. The third-order valence-corrected chi connectivity index (χ3v) is 3.67. The van der Waals surface area contributed by atoms with Gasteiger partial charge in [-0.1, -0.05) is 17.3 Å². The number of hydrogen-bond acceptors (Lipinski definition) is 4. The molecule has 1 saturated heterocycles. The molecule has 0 saturated carbocycles. The average molecular weight is 257 g/mol. The summed E-state index contributed by atoms with van der Waals surface area (Å²) in [5.74, 6) is 0.985. The Kier molecular flexibility index (Phi) is 3.25. The third kappa shape index (κ3) is 2.63. The number of nitrogens with two attached hydrogens (primary N) is 1. The van der Waals surface area contributed by atoms with Crippen molar-refractivity contribution < 1.29 is 4.52 Å².